The number of carbonyl (C=O) groups excluding carboxylic acids is 1. The molecule has 2 aromatic carbocycles. The van der Waals surface area contributed by atoms with Crippen molar-refractivity contribution in [3.8, 4) is 5.75 Å². The molecule has 3 rings (SSSR count). The fraction of sp³-hybridized carbons (Fsp3) is 0. The zero-order valence-electron chi connectivity index (χ0n) is 9.69. The minimum atomic E-state index is -0.141. The largest absolute Gasteiger partial charge is 0.452 e. The highest BCUT2D eigenvalue weighted by atomic mass is 79.9. The van der Waals surface area contributed by atoms with E-state index < -0.39 is 0 Å². The van der Waals surface area contributed by atoms with Gasteiger partial charge in [-0.05, 0) is 42.0 Å². The molecule has 0 atom stereocenters. The summed E-state index contributed by atoms with van der Waals surface area (Å²) >= 11 is 9.28. The van der Waals surface area contributed by atoms with Gasteiger partial charge in [0.05, 0.1) is 5.56 Å². The molecule has 0 radical (unpaired) electrons. The van der Waals surface area contributed by atoms with Crippen LogP contribution in [0.2, 0.25) is 5.02 Å². The Morgan fingerprint density at radius 2 is 2.00 bits per heavy atom. The van der Waals surface area contributed by atoms with Crippen LogP contribution < -0.4 is 4.74 Å². The van der Waals surface area contributed by atoms with Gasteiger partial charge < -0.3 is 4.74 Å². The lowest BCUT2D eigenvalue weighted by Gasteiger charge is -1.99. The Morgan fingerprint density at radius 3 is 2.79 bits per heavy atom. The Balaban J connectivity index is 2.00. The van der Waals surface area contributed by atoms with Crippen LogP contribution in [0.25, 0.3) is 6.08 Å². The van der Waals surface area contributed by atoms with Crippen molar-refractivity contribution in [2.45, 2.75) is 0 Å². The first-order valence-corrected chi connectivity index (χ1v) is 6.80. The predicted molar refractivity (Wildman–Crippen MR) is 78.5 cm³/mol. The maximum absolute atomic E-state index is 12.2. The molecule has 0 spiro atoms. The Hall–Kier alpha value is -1.58. The van der Waals surface area contributed by atoms with Gasteiger partial charge in [0.2, 0.25) is 5.78 Å². The number of Topliss-reactive ketones (excluding diaryl/α,β-unsaturated/α-hetero) is 1. The van der Waals surface area contributed by atoms with Crippen LogP contribution in [0.4, 0.5) is 0 Å². The number of ether oxygens (including phenoxy) is 1. The molecule has 0 saturated heterocycles. The summed E-state index contributed by atoms with van der Waals surface area (Å²) in [5.74, 6) is 0.725. The number of carbonyl (C=O) groups is 1. The minimum Gasteiger partial charge on any atom is -0.452 e. The molecule has 1 heterocycles. The summed E-state index contributed by atoms with van der Waals surface area (Å²) in [4.78, 5) is 12.2. The van der Waals surface area contributed by atoms with Gasteiger partial charge in [0.15, 0.2) is 5.76 Å². The van der Waals surface area contributed by atoms with Crippen LogP contribution in [0.15, 0.2) is 52.7 Å². The average molecular weight is 336 g/mol. The molecule has 94 valence electrons. The fourth-order valence-corrected chi connectivity index (χ4v) is 2.50. The molecular formula is C15H8BrClO2. The fourth-order valence-electron chi connectivity index (χ4n) is 1.91. The molecule has 2 nitrogen and oxygen atoms in total. The molecule has 1 aliphatic rings. The minimum absolute atomic E-state index is 0.141. The third-order valence-electron chi connectivity index (χ3n) is 2.78. The second-order valence-electron chi connectivity index (χ2n) is 4.14. The van der Waals surface area contributed by atoms with Gasteiger partial charge in [0.1, 0.15) is 5.75 Å². The van der Waals surface area contributed by atoms with Crippen LogP contribution in [0.5, 0.6) is 5.75 Å². The normalized spacial score (nSPS) is 15.5. The standard InChI is InChI=1S/C15H8BrClO2/c16-10-3-1-2-9(6-10)7-14-15(18)12-8-11(17)4-5-13(12)19-14/h1-8H/b14-7-. The van der Waals surface area contributed by atoms with Crippen LogP contribution in [-0.4, -0.2) is 5.78 Å². The SMILES string of the molecule is O=C1/C(=C/c2cccc(Br)c2)Oc2ccc(Cl)cc21. The Kier molecular flexibility index (Phi) is 3.17. The summed E-state index contributed by atoms with van der Waals surface area (Å²) in [6.07, 6.45) is 1.72. The van der Waals surface area contributed by atoms with Gasteiger partial charge in [0, 0.05) is 9.50 Å². The Morgan fingerprint density at radius 1 is 1.16 bits per heavy atom. The molecule has 1 aliphatic heterocycles. The van der Waals surface area contributed by atoms with Gasteiger partial charge >= 0.3 is 0 Å². The second-order valence-corrected chi connectivity index (χ2v) is 5.49. The van der Waals surface area contributed by atoms with E-state index in [0.717, 1.165) is 10.0 Å². The average Bonchev–Trinajstić information content (AvgIpc) is 2.67. The van der Waals surface area contributed by atoms with Crippen molar-refractivity contribution in [3.05, 3.63) is 68.8 Å². The van der Waals surface area contributed by atoms with E-state index in [0.29, 0.717) is 22.1 Å². The van der Waals surface area contributed by atoms with Crippen LogP contribution in [0.3, 0.4) is 0 Å². The summed E-state index contributed by atoms with van der Waals surface area (Å²) in [6.45, 7) is 0. The number of rotatable bonds is 1. The summed E-state index contributed by atoms with van der Waals surface area (Å²) in [5, 5.41) is 0.527. The van der Waals surface area contributed by atoms with Crippen molar-refractivity contribution >= 4 is 39.4 Å². The summed E-state index contributed by atoms with van der Waals surface area (Å²) in [5.41, 5.74) is 1.41. The van der Waals surface area contributed by atoms with Crippen molar-refractivity contribution in [2.75, 3.05) is 0 Å². The number of ketones is 1. The van der Waals surface area contributed by atoms with Gasteiger partial charge in [-0.1, -0.05) is 39.7 Å². The summed E-state index contributed by atoms with van der Waals surface area (Å²) < 4.78 is 6.51. The smallest absolute Gasteiger partial charge is 0.232 e. The molecule has 0 aromatic heterocycles. The van der Waals surface area contributed by atoms with Crippen LogP contribution in [0.1, 0.15) is 15.9 Å². The summed E-state index contributed by atoms with van der Waals surface area (Å²) in [7, 11) is 0. The lowest BCUT2D eigenvalue weighted by Crippen LogP contribution is -1.98. The van der Waals surface area contributed by atoms with E-state index in [1.165, 1.54) is 0 Å². The van der Waals surface area contributed by atoms with E-state index in [4.69, 9.17) is 16.3 Å². The van der Waals surface area contributed by atoms with E-state index in [2.05, 4.69) is 15.9 Å². The zero-order valence-corrected chi connectivity index (χ0v) is 12.0. The van der Waals surface area contributed by atoms with E-state index in [1.54, 1.807) is 24.3 Å². The van der Waals surface area contributed by atoms with E-state index in [-0.39, 0.29) is 5.78 Å². The number of halogens is 2. The van der Waals surface area contributed by atoms with Gasteiger partial charge in [0.25, 0.3) is 0 Å². The number of hydrogen-bond donors (Lipinski definition) is 0. The van der Waals surface area contributed by atoms with Crippen molar-refractivity contribution in [1.29, 1.82) is 0 Å². The monoisotopic (exact) mass is 334 g/mol. The van der Waals surface area contributed by atoms with Crippen molar-refractivity contribution in [1.82, 2.24) is 0 Å². The van der Waals surface area contributed by atoms with Crippen molar-refractivity contribution in [3.63, 3.8) is 0 Å². The predicted octanol–water partition coefficient (Wildman–Crippen LogP) is 4.72. The third kappa shape index (κ3) is 2.44. The Bertz CT molecular complexity index is 707. The lowest BCUT2D eigenvalue weighted by atomic mass is 10.1. The highest BCUT2D eigenvalue weighted by molar-refractivity contribution is 9.10. The van der Waals surface area contributed by atoms with Crippen LogP contribution in [0, 0.1) is 0 Å². The van der Waals surface area contributed by atoms with E-state index >= 15 is 0 Å². The van der Waals surface area contributed by atoms with Crippen LogP contribution in [-0.2, 0) is 0 Å². The molecule has 2 aromatic rings. The topological polar surface area (TPSA) is 26.3 Å². The van der Waals surface area contributed by atoms with Crippen molar-refractivity contribution < 1.29 is 9.53 Å². The zero-order chi connectivity index (χ0) is 13.4. The van der Waals surface area contributed by atoms with Gasteiger partial charge in [-0.2, -0.15) is 0 Å². The molecule has 19 heavy (non-hydrogen) atoms. The molecule has 0 bridgehead atoms. The molecule has 0 saturated carbocycles. The van der Waals surface area contributed by atoms with Gasteiger partial charge in [-0.15, -0.1) is 0 Å². The number of allylic oxidation sites excluding steroid dienone is 1. The first-order chi connectivity index (χ1) is 9.13. The molecule has 4 heteroatoms. The first kappa shape index (κ1) is 12.5. The van der Waals surface area contributed by atoms with Crippen molar-refractivity contribution in [2.24, 2.45) is 0 Å². The molecule has 0 aliphatic carbocycles. The first-order valence-electron chi connectivity index (χ1n) is 5.63. The van der Waals surface area contributed by atoms with E-state index in [9.17, 15) is 4.79 Å². The molecule has 0 amide bonds. The molecule has 0 N–H and O–H groups in total. The molecule has 0 fully saturated rings. The van der Waals surface area contributed by atoms with Crippen LogP contribution >= 0.6 is 27.5 Å². The van der Waals surface area contributed by atoms with Gasteiger partial charge in [-0.25, -0.2) is 0 Å². The molecular weight excluding hydrogens is 328 g/mol. The third-order valence-corrected chi connectivity index (χ3v) is 3.50. The number of hydrogen-bond acceptors (Lipinski definition) is 2. The summed E-state index contributed by atoms with van der Waals surface area (Å²) in [6, 6.07) is 12.7. The maximum atomic E-state index is 12.2. The number of fused-ring (bicyclic) bond motifs is 1. The van der Waals surface area contributed by atoms with Gasteiger partial charge in [-0.3, -0.25) is 4.79 Å². The highest BCUT2D eigenvalue weighted by Gasteiger charge is 2.27. The quantitative estimate of drug-likeness (QED) is 0.705. The van der Waals surface area contributed by atoms with E-state index in [1.807, 2.05) is 24.3 Å². The maximum Gasteiger partial charge on any atom is 0.232 e. The molecule has 0 unspecified atom stereocenters. The second kappa shape index (κ2) is 4.83. The Labute approximate surface area is 123 Å². The lowest BCUT2D eigenvalue weighted by molar-refractivity contribution is 0.101. The number of benzene rings is 2. The highest BCUT2D eigenvalue weighted by Crippen LogP contribution is 2.33.